The van der Waals surface area contributed by atoms with Gasteiger partial charge in [0.1, 0.15) is 17.0 Å². The molecule has 7 aromatic rings. The number of hydrogen-bond acceptors (Lipinski definition) is 2. The van der Waals surface area contributed by atoms with E-state index in [1.807, 2.05) is 6.07 Å². The Hall–Kier alpha value is -4.96. The van der Waals surface area contributed by atoms with E-state index in [4.69, 9.17) is 4.42 Å². The van der Waals surface area contributed by atoms with Gasteiger partial charge in [-0.05, 0) is 68.3 Å². The summed E-state index contributed by atoms with van der Waals surface area (Å²) in [6, 6.07) is 36.4. The van der Waals surface area contributed by atoms with Crippen molar-refractivity contribution >= 4 is 22.1 Å². The third-order valence-corrected chi connectivity index (χ3v) is 7.90. The summed E-state index contributed by atoms with van der Waals surface area (Å²) in [4.78, 5) is 4.48. The van der Waals surface area contributed by atoms with Crippen molar-refractivity contribution in [1.29, 1.82) is 0 Å². The molecule has 194 valence electrons. The Labute approximate surface area is 233 Å². The van der Waals surface area contributed by atoms with E-state index in [0.29, 0.717) is 5.71 Å². The molecule has 0 amide bonds. The van der Waals surface area contributed by atoms with Gasteiger partial charge in [-0.25, -0.2) is 4.98 Å². The summed E-state index contributed by atoms with van der Waals surface area (Å²) in [6.07, 6.45) is 1.78. The van der Waals surface area contributed by atoms with E-state index in [1.54, 1.807) is 6.20 Å². The number of fused-ring (bicyclic) bond motifs is 3. The maximum Gasteiger partial charge on any atom is 0.300 e. The second-order valence-corrected chi connectivity index (χ2v) is 10.5. The minimum Gasteiger partial charge on any atom is -0.438 e. The summed E-state index contributed by atoms with van der Waals surface area (Å²) in [5.74, 6) is 1.13. The van der Waals surface area contributed by atoms with E-state index >= 15 is 0 Å². The topological polar surface area (TPSA) is 34.8 Å². The minimum absolute atomic E-state index is 0.664. The first-order valence-corrected chi connectivity index (χ1v) is 13.7. The number of hydrogen-bond donors (Lipinski definition) is 0. The molecule has 0 unspecified atom stereocenters. The molecular formula is C36H30N3O+. The number of aryl methyl sites for hydroxylation is 3. The predicted octanol–water partition coefficient (Wildman–Crippen LogP) is 8.62. The van der Waals surface area contributed by atoms with Crippen LogP contribution < -0.4 is 4.57 Å². The molecule has 0 aliphatic rings. The third-order valence-electron chi connectivity index (χ3n) is 7.90. The predicted molar refractivity (Wildman–Crippen MR) is 162 cm³/mol. The lowest BCUT2D eigenvalue weighted by Crippen LogP contribution is -2.36. The molecule has 0 aliphatic carbocycles. The second-order valence-electron chi connectivity index (χ2n) is 10.5. The van der Waals surface area contributed by atoms with E-state index in [0.717, 1.165) is 39.1 Å². The summed E-state index contributed by atoms with van der Waals surface area (Å²) in [6.45, 7) is 8.81. The average Bonchev–Trinajstić information content (AvgIpc) is 3.47. The van der Waals surface area contributed by atoms with Crippen LogP contribution in [0.3, 0.4) is 0 Å². The molecule has 0 saturated carbocycles. The summed E-state index contributed by atoms with van der Waals surface area (Å²) in [5, 5.41) is 2.09. The van der Waals surface area contributed by atoms with Crippen LogP contribution in [0.2, 0.25) is 0 Å². The van der Waals surface area contributed by atoms with Gasteiger partial charge in [-0.3, -0.25) is 0 Å². The summed E-state index contributed by atoms with van der Waals surface area (Å²) in [7, 11) is 0. The molecule has 4 aromatic carbocycles. The average molecular weight is 521 g/mol. The van der Waals surface area contributed by atoms with Crippen molar-refractivity contribution in [3.05, 3.63) is 132 Å². The van der Waals surface area contributed by atoms with Gasteiger partial charge in [-0.2, -0.15) is 9.13 Å². The molecule has 4 heteroatoms. The van der Waals surface area contributed by atoms with Gasteiger partial charge in [0.25, 0.3) is 0 Å². The number of pyridine rings is 1. The molecule has 0 atom stereocenters. The van der Waals surface area contributed by atoms with Crippen molar-refractivity contribution in [3.63, 3.8) is 0 Å². The fourth-order valence-electron chi connectivity index (χ4n) is 6.07. The van der Waals surface area contributed by atoms with Gasteiger partial charge >= 0.3 is 5.82 Å². The highest BCUT2D eigenvalue weighted by atomic mass is 16.3. The van der Waals surface area contributed by atoms with Gasteiger partial charge in [0.05, 0.1) is 5.56 Å². The molecule has 0 spiro atoms. The highest BCUT2D eigenvalue weighted by Gasteiger charge is 2.35. The molecule has 0 radical (unpaired) electrons. The molecule has 3 heterocycles. The van der Waals surface area contributed by atoms with Crippen LogP contribution in [-0.2, 0) is 0 Å². The number of imidazole rings is 1. The summed E-state index contributed by atoms with van der Waals surface area (Å²) >= 11 is 0. The van der Waals surface area contributed by atoms with Crippen LogP contribution in [0.15, 0.2) is 114 Å². The fourth-order valence-corrected chi connectivity index (χ4v) is 6.07. The molecule has 0 saturated heterocycles. The molecule has 0 bridgehead atoms. The first-order chi connectivity index (χ1) is 19.5. The fraction of sp³-hybridized carbons (Fsp3) is 0.111. The highest BCUT2D eigenvalue weighted by Crippen LogP contribution is 2.37. The standard InChI is InChI=1S/C36H30N3O/c1-23-13-11-14-24(2)33(23)36-38(31-22-30-29-19-12-20-37-35(29)40-32(30)21-25(31)3)26(4)34(27-15-7-5-8-16-27)39(36)28-17-9-6-10-18-28/h5-22H,1-4H3/q+1. The molecule has 0 aliphatic heterocycles. The molecule has 40 heavy (non-hydrogen) atoms. The Balaban J connectivity index is 1.68. The molecule has 4 nitrogen and oxygen atoms in total. The number of nitrogens with zero attached hydrogens (tertiary/aromatic N) is 3. The van der Waals surface area contributed by atoms with Crippen LogP contribution in [0, 0.1) is 27.7 Å². The van der Waals surface area contributed by atoms with Crippen LogP contribution in [0.25, 0.3) is 56.1 Å². The number of benzene rings is 4. The quantitative estimate of drug-likeness (QED) is 0.218. The zero-order valence-electron chi connectivity index (χ0n) is 23.1. The Kier molecular flexibility index (Phi) is 5.64. The van der Waals surface area contributed by atoms with Crippen LogP contribution >= 0.6 is 0 Å². The number of aromatic nitrogens is 3. The first-order valence-electron chi connectivity index (χ1n) is 13.7. The lowest BCUT2D eigenvalue weighted by atomic mass is 10.0. The second kappa shape index (κ2) is 9.35. The molecular weight excluding hydrogens is 490 g/mol. The molecule has 0 N–H and O–H groups in total. The molecule has 0 fully saturated rings. The van der Waals surface area contributed by atoms with Crippen molar-refractivity contribution in [3.8, 4) is 34.0 Å². The Morgan fingerprint density at radius 1 is 0.675 bits per heavy atom. The summed E-state index contributed by atoms with van der Waals surface area (Å²) in [5.41, 5.74) is 12.1. The SMILES string of the molecule is Cc1cc2oc3ncccc3c2cc1-[n+]1c(C)c(-c2ccccc2)n(-c2ccccc2)c1-c1c(C)cccc1C. The molecule has 3 aromatic heterocycles. The van der Waals surface area contributed by atoms with Crippen molar-refractivity contribution in [1.82, 2.24) is 9.55 Å². The number of furan rings is 1. The number of rotatable bonds is 4. The Bertz CT molecular complexity index is 2010. The van der Waals surface area contributed by atoms with E-state index < -0.39 is 0 Å². The zero-order valence-corrected chi connectivity index (χ0v) is 23.1. The van der Waals surface area contributed by atoms with Gasteiger partial charge in [0, 0.05) is 35.0 Å². The van der Waals surface area contributed by atoms with Crippen molar-refractivity contribution in [2.75, 3.05) is 0 Å². The zero-order chi connectivity index (χ0) is 27.4. The summed E-state index contributed by atoms with van der Waals surface area (Å²) < 4.78 is 11.0. The molecule has 7 rings (SSSR count). The lowest BCUT2D eigenvalue weighted by Gasteiger charge is -2.12. The monoisotopic (exact) mass is 520 g/mol. The maximum absolute atomic E-state index is 6.15. The van der Waals surface area contributed by atoms with E-state index in [-0.39, 0.29) is 0 Å². The smallest absolute Gasteiger partial charge is 0.300 e. The van der Waals surface area contributed by atoms with Crippen molar-refractivity contribution in [2.45, 2.75) is 27.7 Å². The van der Waals surface area contributed by atoms with Gasteiger partial charge in [-0.1, -0.05) is 66.7 Å². The normalized spacial score (nSPS) is 11.5. The van der Waals surface area contributed by atoms with Gasteiger partial charge < -0.3 is 4.42 Å². The maximum atomic E-state index is 6.15. The van der Waals surface area contributed by atoms with Crippen LogP contribution in [0.4, 0.5) is 0 Å². The van der Waals surface area contributed by atoms with Gasteiger partial charge in [0.2, 0.25) is 5.71 Å². The third kappa shape index (κ3) is 3.68. The van der Waals surface area contributed by atoms with Crippen molar-refractivity contribution in [2.24, 2.45) is 0 Å². The lowest BCUT2D eigenvalue weighted by molar-refractivity contribution is -0.589. The van der Waals surface area contributed by atoms with Crippen LogP contribution in [0.1, 0.15) is 22.4 Å². The van der Waals surface area contributed by atoms with E-state index in [2.05, 4.69) is 139 Å². The highest BCUT2D eigenvalue weighted by molar-refractivity contribution is 6.04. The van der Waals surface area contributed by atoms with Crippen LogP contribution in [0.5, 0.6) is 0 Å². The van der Waals surface area contributed by atoms with Crippen LogP contribution in [-0.4, -0.2) is 9.55 Å². The largest absolute Gasteiger partial charge is 0.438 e. The van der Waals surface area contributed by atoms with Gasteiger partial charge in [-0.15, -0.1) is 0 Å². The minimum atomic E-state index is 0.664. The van der Waals surface area contributed by atoms with Gasteiger partial charge in [0.15, 0.2) is 11.4 Å². The van der Waals surface area contributed by atoms with E-state index in [1.165, 1.54) is 33.6 Å². The number of para-hydroxylation sites is 1. The Morgan fingerprint density at radius 2 is 1.38 bits per heavy atom. The Morgan fingerprint density at radius 3 is 2.10 bits per heavy atom. The first kappa shape index (κ1) is 24.1. The van der Waals surface area contributed by atoms with Crippen molar-refractivity contribution < 1.29 is 8.98 Å². The van der Waals surface area contributed by atoms with E-state index in [9.17, 15) is 0 Å².